The molecule has 0 spiro atoms. The van der Waals surface area contributed by atoms with Gasteiger partial charge in [-0.2, -0.15) is 0 Å². The van der Waals surface area contributed by atoms with Crippen molar-refractivity contribution in [3.63, 3.8) is 0 Å². The number of benzene rings is 1. The first-order chi connectivity index (χ1) is 13.7. The number of likely N-dealkylation sites (N-methyl/N-ethyl adjacent to an activating group) is 1. The average Bonchev–Trinajstić information content (AvgIpc) is 2.73. The summed E-state index contributed by atoms with van der Waals surface area (Å²) < 4.78 is 11.1. The Balaban J connectivity index is 1.48. The molecule has 1 saturated heterocycles. The van der Waals surface area contributed by atoms with Gasteiger partial charge in [-0.25, -0.2) is 9.97 Å². The van der Waals surface area contributed by atoms with Crippen LogP contribution in [0.5, 0.6) is 11.5 Å². The zero-order chi connectivity index (χ0) is 19.5. The van der Waals surface area contributed by atoms with Gasteiger partial charge >= 0.3 is 0 Å². The highest BCUT2D eigenvalue weighted by Gasteiger charge is 2.26. The number of likely N-dealkylation sites (tertiary alicyclic amines) is 1. The summed E-state index contributed by atoms with van der Waals surface area (Å²) in [4.78, 5) is 14.5. The summed E-state index contributed by atoms with van der Waals surface area (Å²) in [5, 5.41) is 0. The molecule has 0 saturated carbocycles. The molecule has 2 aromatic rings. The van der Waals surface area contributed by atoms with Gasteiger partial charge in [-0.15, -0.1) is 0 Å². The third kappa shape index (κ3) is 3.98. The van der Waals surface area contributed by atoms with Crippen LogP contribution in [0.2, 0.25) is 0 Å². The number of piperidine rings is 1. The fraction of sp³-hybridized carbons (Fsp3) is 0.545. The molecule has 28 heavy (non-hydrogen) atoms. The van der Waals surface area contributed by atoms with E-state index in [1.165, 1.54) is 17.7 Å². The number of hydrogen-bond acceptors (Lipinski definition) is 6. The van der Waals surface area contributed by atoms with E-state index in [0.29, 0.717) is 5.92 Å². The van der Waals surface area contributed by atoms with Gasteiger partial charge in [0.15, 0.2) is 11.5 Å². The number of methoxy groups -OCH3 is 2. The summed E-state index contributed by atoms with van der Waals surface area (Å²) in [7, 11) is 5.55. The lowest BCUT2D eigenvalue weighted by atomic mass is 9.96. The van der Waals surface area contributed by atoms with Crippen LogP contribution in [0.25, 0.3) is 0 Å². The van der Waals surface area contributed by atoms with Crippen molar-refractivity contribution in [3.05, 3.63) is 47.0 Å². The van der Waals surface area contributed by atoms with Gasteiger partial charge < -0.3 is 14.4 Å². The minimum atomic E-state index is 0.398. The van der Waals surface area contributed by atoms with Gasteiger partial charge in [-0.3, -0.25) is 4.90 Å². The van der Waals surface area contributed by atoms with Crippen molar-refractivity contribution in [2.75, 3.05) is 40.9 Å². The largest absolute Gasteiger partial charge is 0.493 e. The lowest BCUT2D eigenvalue weighted by molar-refractivity contribution is 0.193. The molecule has 150 valence electrons. The van der Waals surface area contributed by atoms with Crippen LogP contribution in [0.15, 0.2) is 24.4 Å². The third-order valence-electron chi connectivity index (χ3n) is 5.89. The molecule has 2 aliphatic rings. The SMILES string of the molecule is COc1cccc(CN2CCC[C@H](c3ncc4c(n3)CCN(C)C4)C2)c1OC. The maximum atomic E-state index is 5.61. The lowest BCUT2D eigenvalue weighted by Crippen LogP contribution is -2.35. The van der Waals surface area contributed by atoms with Crippen molar-refractivity contribution in [1.82, 2.24) is 19.8 Å². The van der Waals surface area contributed by atoms with Crippen LogP contribution in [0.3, 0.4) is 0 Å². The minimum Gasteiger partial charge on any atom is -0.493 e. The Morgan fingerprint density at radius 2 is 2.07 bits per heavy atom. The van der Waals surface area contributed by atoms with E-state index in [1.807, 2.05) is 12.1 Å². The van der Waals surface area contributed by atoms with Gasteiger partial charge in [0.05, 0.1) is 14.2 Å². The van der Waals surface area contributed by atoms with E-state index in [2.05, 4.69) is 29.1 Å². The maximum Gasteiger partial charge on any atom is 0.165 e. The van der Waals surface area contributed by atoms with E-state index in [-0.39, 0.29) is 0 Å². The molecule has 1 aromatic heterocycles. The molecule has 2 aliphatic heterocycles. The van der Waals surface area contributed by atoms with E-state index in [1.54, 1.807) is 14.2 Å². The summed E-state index contributed by atoms with van der Waals surface area (Å²) in [6, 6.07) is 6.10. The van der Waals surface area contributed by atoms with Crippen molar-refractivity contribution in [2.24, 2.45) is 0 Å². The van der Waals surface area contributed by atoms with Crippen LogP contribution in [-0.2, 0) is 19.5 Å². The van der Waals surface area contributed by atoms with Crippen LogP contribution in [0.4, 0.5) is 0 Å². The van der Waals surface area contributed by atoms with Gasteiger partial charge in [-0.1, -0.05) is 12.1 Å². The van der Waals surface area contributed by atoms with Crippen LogP contribution in [0, 0.1) is 0 Å². The monoisotopic (exact) mass is 382 g/mol. The summed E-state index contributed by atoms with van der Waals surface area (Å²) in [6.45, 7) is 4.97. The smallest absolute Gasteiger partial charge is 0.165 e. The molecule has 6 nitrogen and oxygen atoms in total. The van der Waals surface area contributed by atoms with E-state index < -0.39 is 0 Å². The van der Waals surface area contributed by atoms with Crippen LogP contribution in [0.1, 0.15) is 41.4 Å². The topological polar surface area (TPSA) is 50.7 Å². The van der Waals surface area contributed by atoms with Crippen LogP contribution in [-0.4, -0.2) is 60.7 Å². The van der Waals surface area contributed by atoms with Gasteiger partial charge in [0, 0.05) is 61.5 Å². The Bertz CT molecular complexity index is 826. The van der Waals surface area contributed by atoms with E-state index >= 15 is 0 Å². The van der Waals surface area contributed by atoms with Crippen molar-refractivity contribution in [3.8, 4) is 11.5 Å². The molecular formula is C22H30N4O2. The summed E-state index contributed by atoms with van der Waals surface area (Å²) >= 11 is 0. The van der Waals surface area contributed by atoms with E-state index in [0.717, 1.165) is 68.5 Å². The minimum absolute atomic E-state index is 0.398. The predicted octanol–water partition coefficient (Wildman–Crippen LogP) is 2.86. The normalized spacial score (nSPS) is 20.6. The Kier molecular flexibility index (Phi) is 5.78. The number of fused-ring (bicyclic) bond motifs is 1. The van der Waals surface area contributed by atoms with Gasteiger partial charge in [0.2, 0.25) is 0 Å². The number of ether oxygens (including phenoxy) is 2. The molecule has 4 rings (SSSR count). The van der Waals surface area contributed by atoms with Crippen molar-refractivity contribution >= 4 is 0 Å². The van der Waals surface area contributed by atoms with Gasteiger partial charge in [-0.05, 0) is 32.5 Å². The Labute approximate surface area is 167 Å². The zero-order valence-corrected chi connectivity index (χ0v) is 17.1. The lowest BCUT2D eigenvalue weighted by Gasteiger charge is -2.33. The predicted molar refractivity (Wildman–Crippen MR) is 109 cm³/mol. The van der Waals surface area contributed by atoms with Crippen molar-refractivity contribution in [1.29, 1.82) is 0 Å². The van der Waals surface area contributed by atoms with Crippen molar-refractivity contribution in [2.45, 2.75) is 38.3 Å². The fourth-order valence-corrected chi connectivity index (χ4v) is 4.40. The molecule has 0 aliphatic carbocycles. The zero-order valence-electron chi connectivity index (χ0n) is 17.1. The average molecular weight is 383 g/mol. The number of para-hydroxylation sites is 1. The molecule has 1 atom stereocenters. The second-order valence-corrected chi connectivity index (χ2v) is 7.91. The molecule has 1 fully saturated rings. The number of aromatic nitrogens is 2. The highest BCUT2D eigenvalue weighted by Crippen LogP contribution is 2.33. The molecule has 0 radical (unpaired) electrons. The Hall–Kier alpha value is -2.18. The molecule has 0 bridgehead atoms. The van der Waals surface area contributed by atoms with Crippen LogP contribution < -0.4 is 9.47 Å². The first-order valence-corrected chi connectivity index (χ1v) is 10.1. The summed E-state index contributed by atoms with van der Waals surface area (Å²) in [6.07, 6.45) is 5.40. The van der Waals surface area contributed by atoms with E-state index in [4.69, 9.17) is 19.4 Å². The molecule has 0 unspecified atom stereocenters. The molecule has 0 N–H and O–H groups in total. The second kappa shape index (κ2) is 8.45. The quantitative estimate of drug-likeness (QED) is 0.793. The molecular weight excluding hydrogens is 352 g/mol. The highest BCUT2D eigenvalue weighted by molar-refractivity contribution is 5.46. The van der Waals surface area contributed by atoms with Gasteiger partial charge in [0.25, 0.3) is 0 Å². The first-order valence-electron chi connectivity index (χ1n) is 10.1. The molecule has 6 heteroatoms. The molecule has 3 heterocycles. The number of nitrogens with zero attached hydrogens (tertiary/aromatic N) is 4. The number of hydrogen-bond donors (Lipinski definition) is 0. The number of rotatable bonds is 5. The molecule has 1 aromatic carbocycles. The summed E-state index contributed by atoms with van der Waals surface area (Å²) in [5.74, 6) is 3.04. The standard InChI is InChI=1S/C22H30N4O2/c1-25-11-9-19-18(13-25)12-23-22(24-19)17-7-5-10-26(15-17)14-16-6-4-8-20(27-2)21(16)28-3/h4,6,8,12,17H,5,7,9-11,13-15H2,1-3H3/t17-/m0/s1. The summed E-state index contributed by atoms with van der Waals surface area (Å²) in [5.41, 5.74) is 3.69. The fourth-order valence-electron chi connectivity index (χ4n) is 4.40. The Morgan fingerprint density at radius 3 is 2.89 bits per heavy atom. The van der Waals surface area contributed by atoms with Crippen molar-refractivity contribution < 1.29 is 9.47 Å². The third-order valence-corrected chi connectivity index (χ3v) is 5.89. The highest BCUT2D eigenvalue weighted by atomic mass is 16.5. The molecule has 0 amide bonds. The van der Waals surface area contributed by atoms with Gasteiger partial charge in [0.1, 0.15) is 5.82 Å². The second-order valence-electron chi connectivity index (χ2n) is 7.91. The van der Waals surface area contributed by atoms with Crippen LogP contribution >= 0.6 is 0 Å². The Morgan fingerprint density at radius 1 is 1.18 bits per heavy atom. The maximum absolute atomic E-state index is 5.61. The first kappa shape index (κ1) is 19.2. The van der Waals surface area contributed by atoms with E-state index in [9.17, 15) is 0 Å².